The van der Waals surface area contributed by atoms with Crippen molar-refractivity contribution >= 4 is 27.4 Å². The third kappa shape index (κ3) is 4.50. The number of carbonyl (C=O) groups is 1. The van der Waals surface area contributed by atoms with Crippen molar-refractivity contribution in [3.05, 3.63) is 30.4 Å². The number of nitrogens with one attached hydrogen (secondary N) is 2. The van der Waals surface area contributed by atoms with Crippen molar-refractivity contribution in [2.45, 2.75) is 18.4 Å². The number of nitrogens with zero attached hydrogens (tertiary/aromatic N) is 3. The number of carbonyl (C=O) groups excluding carboxylic acids is 1. The van der Waals surface area contributed by atoms with Crippen LogP contribution in [-0.4, -0.2) is 35.4 Å². The van der Waals surface area contributed by atoms with Gasteiger partial charge in [-0.15, -0.1) is 0 Å². The third-order valence-electron chi connectivity index (χ3n) is 3.08. The van der Waals surface area contributed by atoms with Crippen LogP contribution in [-0.2, 0) is 21.9 Å². The molecule has 0 aliphatic rings. The van der Waals surface area contributed by atoms with Crippen molar-refractivity contribution in [3.63, 3.8) is 0 Å². The number of nitrogen functional groups attached to an aromatic ring is 1. The molecule has 2 aromatic rings. The molecular weight excluding hydrogens is 320 g/mol. The molecule has 0 radical (unpaired) electrons. The monoisotopic (exact) mass is 338 g/mol. The van der Waals surface area contributed by atoms with E-state index in [4.69, 9.17) is 5.73 Å². The topological polar surface area (TPSA) is 132 Å². The summed E-state index contributed by atoms with van der Waals surface area (Å²) in [5, 5.41) is 2.53. The molecule has 2 rings (SSSR count). The highest BCUT2D eigenvalue weighted by atomic mass is 32.2. The summed E-state index contributed by atoms with van der Waals surface area (Å²) in [5.41, 5.74) is 5.94. The van der Waals surface area contributed by atoms with Gasteiger partial charge in [0.05, 0.1) is 11.9 Å². The molecule has 23 heavy (non-hydrogen) atoms. The number of sulfonamides is 1. The Morgan fingerprint density at radius 2 is 2.13 bits per heavy atom. The Bertz CT molecular complexity index is 778. The summed E-state index contributed by atoms with van der Waals surface area (Å²) in [5.74, 6) is 0.594. The molecule has 0 saturated carbocycles. The Kier molecular flexibility index (Phi) is 4.96. The van der Waals surface area contributed by atoms with Crippen LogP contribution >= 0.6 is 0 Å². The number of nitrogens with two attached hydrogens (primary N) is 1. The van der Waals surface area contributed by atoms with Gasteiger partial charge in [0.15, 0.2) is 5.03 Å². The van der Waals surface area contributed by atoms with Crippen LogP contribution in [0, 0.1) is 6.92 Å². The molecule has 0 aliphatic heterocycles. The van der Waals surface area contributed by atoms with E-state index in [1.54, 1.807) is 30.7 Å². The van der Waals surface area contributed by atoms with Gasteiger partial charge in [0.25, 0.3) is 10.0 Å². The molecule has 0 aliphatic carbocycles. The molecule has 2 aromatic heterocycles. The molecule has 0 fully saturated rings. The van der Waals surface area contributed by atoms with Gasteiger partial charge in [0.1, 0.15) is 11.6 Å². The SMILES string of the molecule is Cc1nc(S(=O)(=O)NCCC(=O)Nc2ccc(N)nc2)cn1C. The van der Waals surface area contributed by atoms with Crippen LogP contribution in [0.3, 0.4) is 0 Å². The fourth-order valence-corrected chi connectivity index (χ4v) is 2.80. The number of amides is 1. The molecule has 0 atom stereocenters. The van der Waals surface area contributed by atoms with E-state index in [1.165, 1.54) is 12.4 Å². The van der Waals surface area contributed by atoms with Crippen LogP contribution in [0.4, 0.5) is 11.5 Å². The lowest BCUT2D eigenvalue weighted by atomic mass is 10.3. The summed E-state index contributed by atoms with van der Waals surface area (Å²) in [6, 6.07) is 3.17. The van der Waals surface area contributed by atoms with Gasteiger partial charge in [-0.2, -0.15) is 0 Å². The normalized spacial score (nSPS) is 11.4. The van der Waals surface area contributed by atoms with E-state index in [-0.39, 0.29) is 23.9 Å². The van der Waals surface area contributed by atoms with Crippen LogP contribution in [0.25, 0.3) is 0 Å². The van der Waals surface area contributed by atoms with Gasteiger partial charge in [-0.25, -0.2) is 23.1 Å². The van der Waals surface area contributed by atoms with Crippen LogP contribution in [0.2, 0.25) is 0 Å². The van der Waals surface area contributed by atoms with Crippen molar-refractivity contribution in [1.29, 1.82) is 0 Å². The van der Waals surface area contributed by atoms with Gasteiger partial charge >= 0.3 is 0 Å². The van der Waals surface area contributed by atoms with E-state index in [2.05, 4.69) is 20.0 Å². The lowest BCUT2D eigenvalue weighted by Gasteiger charge is -2.06. The molecule has 1 amide bonds. The molecule has 0 saturated heterocycles. The Morgan fingerprint density at radius 1 is 1.39 bits per heavy atom. The quantitative estimate of drug-likeness (QED) is 0.680. The number of rotatable bonds is 6. The second kappa shape index (κ2) is 6.75. The number of hydrogen-bond donors (Lipinski definition) is 3. The summed E-state index contributed by atoms with van der Waals surface area (Å²) in [6.07, 6.45) is 2.82. The highest BCUT2D eigenvalue weighted by Crippen LogP contribution is 2.08. The highest BCUT2D eigenvalue weighted by Gasteiger charge is 2.18. The summed E-state index contributed by atoms with van der Waals surface area (Å²) in [4.78, 5) is 19.5. The highest BCUT2D eigenvalue weighted by molar-refractivity contribution is 7.89. The van der Waals surface area contributed by atoms with E-state index < -0.39 is 10.0 Å². The third-order valence-corrected chi connectivity index (χ3v) is 4.41. The van der Waals surface area contributed by atoms with Crippen molar-refractivity contribution < 1.29 is 13.2 Å². The van der Waals surface area contributed by atoms with E-state index in [0.29, 0.717) is 17.3 Å². The molecule has 2 heterocycles. The average Bonchev–Trinajstić information content (AvgIpc) is 2.82. The van der Waals surface area contributed by atoms with E-state index in [0.717, 1.165) is 0 Å². The number of aromatic nitrogens is 3. The van der Waals surface area contributed by atoms with Crippen LogP contribution < -0.4 is 15.8 Å². The molecule has 0 aromatic carbocycles. The summed E-state index contributed by atoms with van der Waals surface area (Å²) >= 11 is 0. The fourth-order valence-electron chi connectivity index (χ4n) is 1.73. The molecule has 0 spiro atoms. The van der Waals surface area contributed by atoms with Crippen molar-refractivity contribution in [1.82, 2.24) is 19.3 Å². The van der Waals surface area contributed by atoms with Gasteiger partial charge in [0, 0.05) is 26.2 Å². The second-order valence-electron chi connectivity index (χ2n) is 4.90. The second-order valence-corrected chi connectivity index (χ2v) is 6.62. The Hall–Kier alpha value is -2.46. The summed E-state index contributed by atoms with van der Waals surface area (Å²) in [7, 11) is -2.02. The maximum absolute atomic E-state index is 12.0. The van der Waals surface area contributed by atoms with Crippen molar-refractivity contribution in [2.24, 2.45) is 7.05 Å². The summed E-state index contributed by atoms with van der Waals surface area (Å²) < 4.78 is 28.0. The minimum atomic E-state index is -3.73. The molecule has 10 heteroatoms. The van der Waals surface area contributed by atoms with Crippen molar-refractivity contribution in [3.8, 4) is 0 Å². The zero-order chi connectivity index (χ0) is 17.0. The predicted octanol–water partition coefficient (Wildman–Crippen LogP) is 0.0128. The zero-order valence-electron chi connectivity index (χ0n) is 12.8. The average molecular weight is 338 g/mol. The number of imidazole rings is 1. The minimum absolute atomic E-state index is 0.0184. The smallest absolute Gasteiger partial charge is 0.259 e. The first-order valence-electron chi connectivity index (χ1n) is 6.79. The number of anilines is 2. The maximum atomic E-state index is 12.0. The Labute approximate surface area is 134 Å². The number of aryl methyl sites for hydroxylation is 2. The van der Waals surface area contributed by atoms with E-state index >= 15 is 0 Å². The van der Waals surface area contributed by atoms with Gasteiger partial charge in [-0.3, -0.25) is 4.79 Å². The van der Waals surface area contributed by atoms with E-state index in [1.807, 2.05) is 0 Å². The predicted molar refractivity (Wildman–Crippen MR) is 85.0 cm³/mol. The molecule has 4 N–H and O–H groups in total. The Morgan fingerprint density at radius 3 is 2.70 bits per heavy atom. The molecule has 9 nitrogen and oxygen atoms in total. The molecule has 124 valence electrons. The standard InChI is InChI=1S/C13H18N6O3S/c1-9-17-13(8-19(9)2)23(21,22)16-6-5-12(20)18-10-3-4-11(14)15-7-10/h3-4,7-8,16H,5-6H2,1-2H3,(H2,14,15)(H,18,20). The first-order chi connectivity index (χ1) is 10.8. The molecular formula is C13H18N6O3S. The zero-order valence-corrected chi connectivity index (χ0v) is 13.6. The van der Waals surface area contributed by atoms with Gasteiger partial charge in [-0.1, -0.05) is 0 Å². The first kappa shape index (κ1) is 16.9. The lowest BCUT2D eigenvalue weighted by Crippen LogP contribution is -2.28. The van der Waals surface area contributed by atoms with E-state index in [9.17, 15) is 13.2 Å². The number of pyridine rings is 1. The minimum Gasteiger partial charge on any atom is -0.384 e. The van der Waals surface area contributed by atoms with Gasteiger partial charge in [-0.05, 0) is 19.1 Å². The Balaban J connectivity index is 1.86. The summed E-state index contributed by atoms with van der Waals surface area (Å²) in [6.45, 7) is 1.67. The number of hydrogen-bond acceptors (Lipinski definition) is 6. The van der Waals surface area contributed by atoms with Crippen LogP contribution in [0.15, 0.2) is 29.6 Å². The molecule has 0 bridgehead atoms. The lowest BCUT2D eigenvalue weighted by molar-refractivity contribution is -0.116. The maximum Gasteiger partial charge on any atom is 0.259 e. The van der Waals surface area contributed by atoms with Crippen molar-refractivity contribution in [2.75, 3.05) is 17.6 Å². The molecule has 0 unspecified atom stereocenters. The largest absolute Gasteiger partial charge is 0.384 e. The first-order valence-corrected chi connectivity index (χ1v) is 8.27. The van der Waals surface area contributed by atoms with Gasteiger partial charge in [0.2, 0.25) is 5.91 Å². The van der Waals surface area contributed by atoms with Crippen LogP contribution in [0.5, 0.6) is 0 Å². The fraction of sp³-hybridized carbons (Fsp3) is 0.308. The van der Waals surface area contributed by atoms with Crippen LogP contribution in [0.1, 0.15) is 12.2 Å². The van der Waals surface area contributed by atoms with Gasteiger partial charge < -0.3 is 15.6 Å².